The van der Waals surface area contributed by atoms with Gasteiger partial charge in [0.1, 0.15) is 0 Å². The lowest BCUT2D eigenvalue weighted by Gasteiger charge is -2.17. The Balaban J connectivity index is 1.88. The van der Waals surface area contributed by atoms with E-state index < -0.39 is 0 Å². The first kappa shape index (κ1) is 13.8. The van der Waals surface area contributed by atoms with E-state index in [1.807, 2.05) is 12.1 Å². The van der Waals surface area contributed by atoms with Crippen molar-refractivity contribution >= 4 is 27.7 Å². The summed E-state index contributed by atoms with van der Waals surface area (Å²) in [6.07, 6.45) is 6.55. The van der Waals surface area contributed by atoms with Crippen LogP contribution in [0.15, 0.2) is 40.9 Å². The van der Waals surface area contributed by atoms with Crippen molar-refractivity contribution in [2.75, 3.05) is 0 Å². The van der Waals surface area contributed by atoms with Gasteiger partial charge in [0.15, 0.2) is 0 Å². The first-order valence-electron chi connectivity index (χ1n) is 6.18. The maximum absolute atomic E-state index is 11.9. The zero-order valence-electron chi connectivity index (χ0n) is 10.4. The number of carbonyl (C=O) groups excluding carboxylic acids is 2. The number of hydrogen-bond donors (Lipinski definition) is 2. The van der Waals surface area contributed by atoms with E-state index in [0.717, 1.165) is 19.3 Å². The fraction of sp³-hybridized carbons (Fsp3) is 0.286. The summed E-state index contributed by atoms with van der Waals surface area (Å²) in [5.74, 6) is -0.513. The molecule has 0 spiro atoms. The van der Waals surface area contributed by atoms with Crippen molar-refractivity contribution in [2.45, 2.75) is 19.3 Å². The van der Waals surface area contributed by atoms with Crippen LogP contribution in [0.1, 0.15) is 29.6 Å². The van der Waals surface area contributed by atoms with Crippen molar-refractivity contribution in [2.24, 2.45) is 5.92 Å². The van der Waals surface area contributed by atoms with Crippen molar-refractivity contribution in [3.8, 4) is 0 Å². The number of nitrogens with one attached hydrogen (secondary N) is 2. The second-order valence-electron chi connectivity index (χ2n) is 4.40. The Bertz CT molecular complexity index is 514. The zero-order valence-corrected chi connectivity index (χ0v) is 11.9. The molecule has 2 N–H and O–H groups in total. The summed E-state index contributed by atoms with van der Waals surface area (Å²) in [6, 6.07) is 7.07. The van der Waals surface area contributed by atoms with Crippen LogP contribution in [0.25, 0.3) is 0 Å². The van der Waals surface area contributed by atoms with Gasteiger partial charge < -0.3 is 0 Å². The number of hydrogen-bond acceptors (Lipinski definition) is 2. The second kappa shape index (κ2) is 6.52. The molecule has 0 unspecified atom stereocenters. The van der Waals surface area contributed by atoms with Gasteiger partial charge in [-0.15, -0.1) is 0 Å². The number of benzene rings is 1. The average molecular weight is 323 g/mol. The molecule has 0 saturated carbocycles. The molecule has 0 saturated heterocycles. The highest BCUT2D eigenvalue weighted by Gasteiger charge is 2.19. The van der Waals surface area contributed by atoms with Crippen LogP contribution in [0.2, 0.25) is 0 Å². The number of amides is 2. The van der Waals surface area contributed by atoms with Crippen LogP contribution < -0.4 is 10.9 Å². The summed E-state index contributed by atoms with van der Waals surface area (Å²) >= 11 is 3.30. The average Bonchev–Trinajstić information content (AvgIpc) is 2.46. The van der Waals surface area contributed by atoms with E-state index >= 15 is 0 Å². The third-order valence-corrected chi connectivity index (χ3v) is 3.75. The van der Waals surface area contributed by atoms with E-state index in [0.29, 0.717) is 10.0 Å². The molecule has 2 amide bonds. The minimum absolute atomic E-state index is 0.0514. The molecule has 1 atom stereocenters. The molecule has 5 heteroatoms. The van der Waals surface area contributed by atoms with Gasteiger partial charge in [0, 0.05) is 10.4 Å². The minimum Gasteiger partial charge on any atom is -0.273 e. The van der Waals surface area contributed by atoms with Crippen molar-refractivity contribution < 1.29 is 9.59 Å². The maximum Gasteiger partial charge on any atom is 0.270 e. The summed E-state index contributed by atoms with van der Waals surface area (Å²) in [6.45, 7) is 0. The maximum atomic E-state index is 11.9. The predicted octanol–water partition coefficient (Wildman–Crippen LogP) is 2.57. The highest BCUT2D eigenvalue weighted by atomic mass is 79.9. The molecule has 0 heterocycles. The van der Waals surface area contributed by atoms with E-state index in [9.17, 15) is 9.59 Å². The zero-order chi connectivity index (χ0) is 13.7. The van der Waals surface area contributed by atoms with Crippen LogP contribution in [0, 0.1) is 5.92 Å². The molecule has 0 aliphatic heterocycles. The van der Waals surface area contributed by atoms with E-state index in [4.69, 9.17) is 0 Å². The van der Waals surface area contributed by atoms with Crippen LogP contribution in [0.5, 0.6) is 0 Å². The molecule has 0 fully saturated rings. The lowest BCUT2D eigenvalue weighted by molar-refractivity contribution is -0.126. The fourth-order valence-electron chi connectivity index (χ4n) is 1.96. The Morgan fingerprint density at radius 1 is 1.16 bits per heavy atom. The first-order valence-corrected chi connectivity index (χ1v) is 6.97. The van der Waals surface area contributed by atoms with E-state index in [-0.39, 0.29) is 17.7 Å². The van der Waals surface area contributed by atoms with Crippen molar-refractivity contribution in [3.63, 3.8) is 0 Å². The van der Waals surface area contributed by atoms with Crippen molar-refractivity contribution in [1.82, 2.24) is 10.9 Å². The predicted molar refractivity (Wildman–Crippen MR) is 76.2 cm³/mol. The van der Waals surface area contributed by atoms with E-state index in [2.05, 4.69) is 32.9 Å². The van der Waals surface area contributed by atoms with Crippen LogP contribution in [0.4, 0.5) is 0 Å². The molecule has 0 bridgehead atoms. The van der Waals surface area contributed by atoms with Crippen molar-refractivity contribution in [3.05, 3.63) is 46.5 Å². The van der Waals surface area contributed by atoms with Gasteiger partial charge in [-0.25, -0.2) is 0 Å². The van der Waals surface area contributed by atoms with Gasteiger partial charge >= 0.3 is 0 Å². The fourth-order valence-corrected chi connectivity index (χ4v) is 2.43. The molecule has 2 rings (SSSR count). The highest BCUT2D eigenvalue weighted by molar-refractivity contribution is 9.10. The summed E-state index contributed by atoms with van der Waals surface area (Å²) < 4.78 is 0.697. The minimum atomic E-state index is -0.327. The summed E-state index contributed by atoms with van der Waals surface area (Å²) in [4.78, 5) is 23.7. The van der Waals surface area contributed by atoms with Crippen LogP contribution in [-0.2, 0) is 4.79 Å². The molecule has 1 aliphatic rings. The van der Waals surface area contributed by atoms with Gasteiger partial charge in [0.05, 0.1) is 5.56 Å². The quantitative estimate of drug-likeness (QED) is 0.649. The van der Waals surface area contributed by atoms with E-state index in [1.54, 1.807) is 18.2 Å². The summed E-state index contributed by atoms with van der Waals surface area (Å²) in [5.41, 5.74) is 5.42. The van der Waals surface area contributed by atoms with Crippen molar-refractivity contribution in [1.29, 1.82) is 0 Å². The van der Waals surface area contributed by atoms with Crippen LogP contribution >= 0.6 is 15.9 Å². The Morgan fingerprint density at radius 3 is 2.63 bits per heavy atom. The third-order valence-electron chi connectivity index (χ3n) is 3.06. The molecule has 1 aliphatic carbocycles. The lowest BCUT2D eigenvalue weighted by Crippen LogP contribution is -2.44. The van der Waals surface area contributed by atoms with Gasteiger partial charge in [0.2, 0.25) is 5.91 Å². The summed E-state index contributed by atoms with van der Waals surface area (Å²) in [5, 5.41) is 0. The smallest absolute Gasteiger partial charge is 0.270 e. The number of hydrazine groups is 1. The van der Waals surface area contributed by atoms with Crippen LogP contribution in [-0.4, -0.2) is 11.8 Å². The first-order chi connectivity index (χ1) is 9.18. The summed E-state index contributed by atoms with van der Waals surface area (Å²) in [7, 11) is 0. The van der Waals surface area contributed by atoms with Gasteiger partial charge in [0.25, 0.3) is 5.91 Å². The molecule has 100 valence electrons. The largest absolute Gasteiger partial charge is 0.273 e. The monoisotopic (exact) mass is 322 g/mol. The topological polar surface area (TPSA) is 58.2 Å². The standard InChI is InChI=1S/C14H15BrN2O2/c15-12-9-5-4-8-11(12)14(19)17-16-13(18)10-6-2-1-3-7-10/h1-2,4-5,8-10H,3,6-7H2,(H,16,18)(H,17,19)/t10-/m0/s1. The molecule has 1 aromatic carbocycles. The number of allylic oxidation sites excluding steroid dienone is 2. The molecular weight excluding hydrogens is 308 g/mol. The highest BCUT2D eigenvalue weighted by Crippen LogP contribution is 2.18. The Labute approximate surface area is 120 Å². The number of halogens is 1. The molecule has 4 nitrogen and oxygen atoms in total. The Morgan fingerprint density at radius 2 is 1.95 bits per heavy atom. The molecule has 0 radical (unpaired) electrons. The SMILES string of the molecule is O=C(NNC(=O)[C@H]1CC=CCC1)c1ccccc1Br. The lowest BCUT2D eigenvalue weighted by atomic mass is 9.94. The van der Waals surface area contributed by atoms with Gasteiger partial charge in [-0.3, -0.25) is 20.4 Å². The normalized spacial score (nSPS) is 17.8. The molecule has 1 aromatic rings. The Kier molecular flexibility index (Phi) is 4.74. The molecular formula is C14H15BrN2O2. The van der Waals surface area contributed by atoms with Gasteiger partial charge in [-0.2, -0.15) is 0 Å². The van der Waals surface area contributed by atoms with Crippen LogP contribution in [0.3, 0.4) is 0 Å². The third kappa shape index (κ3) is 3.67. The number of carbonyl (C=O) groups is 2. The van der Waals surface area contributed by atoms with Gasteiger partial charge in [-0.1, -0.05) is 24.3 Å². The molecule has 0 aromatic heterocycles. The number of rotatable bonds is 2. The molecule has 19 heavy (non-hydrogen) atoms. The Hall–Kier alpha value is -1.62. The van der Waals surface area contributed by atoms with E-state index in [1.165, 1.54) is 0 Å². The second-order valence-corrected chi connectivity index (χ2v) is 5.26. The van der Waals surface area contributed by atoms with Gasteiger partial charge in [-0.05, 0) is 47.3 Å².